The van der Waals surface area contributed by atoms with Crippen LogP contribution in [0.15, 0.2) is 30.3 Å². The largest absolute Gasteiger partial charge is 0.257 e. The normalized spacial score (nSPS) is 10.6. The van der Waals surface area contributed by atoms with Crippen LogP contribution in [0.2, 0.25) is 0 Å². The van der Waals surface area contributed by atoms with Crippen LogP contribution in [0, 0.1) is 0 Å². The Hall–Kier alpha value is -0.940. The average molecular weight is 166 g/mol. The zero-order valence-corrected chi connectivity index (χ0v) is 7.12. The third kappa shape index (κ3) is 2.98. The number of hydrogen-bond acceptors (Lipinski definition) is 4. The van der Waals surface area contributed by atoms with E-state index in [1.807, 2.05) is 30.3 Å². The van der Waals surface area contributed by atoms with Gasteiger partial charge in [0.2, 0.25) is 0 Å². The first-order chi connectivity index (χ1) is 5.83. The third-order valence-electron chi connectivity index (χ3n) is 1.52. The topological polar surface area (TPSA) is 53.3 Å². The Bertz CT molecular complexity index is 212. The molecule has 4 heteroatoms. The van der Waals surface area contributed by atoms with Gasteiger partial charge in [0.15, 0.2) is 0 Å². The third-order valence-corrected chi connectivity index (χ3v) is 1.52. The smallest absolute Gasteiger partial charge is 0.0392 e. The Morgan fingerprint density at radius 1 is 1.33 bits per heavy atom. The molecule has 0 bridgehead atoms. The van der Waals surface area contributed by atoms with Gasteiger partial charge in [-0.1, -0.05) is 30.3 Å². The summed E-state index contributed by atoms with van der Waals surface area (Å²) >= 11 is 0. The highest BCUT2D eigenvalue weighted by Crippen LogP contribution is 1.99. The number of hydrogen-bond donors (Lipinski definition) is 3. The van der Waals surface area contributed by atoms with Gasteiger partial charge >= 0.3 is 0 Å². The highest BCUT2D eigenvalue weighted by Gasteiger charge is 1.95. The highest BCUT2D eigenvalue weighted by atomic mass is 15.7. The van der Waals surface area contributed by atoms with E-state index in [0.29, 0.717) is 0 Å². The Morgan fingerprint density at radius 2 is 2.00 bits per heavy atom. The SMILES string of the molecule is CN(Cc1ccccc1)NNN. The maximum absolute atomic E-state index is 5.08. The van der Waals surface area contributed by atoms with Crippen molar-refractivity contribution in [3.63, 3.8) is 0 Å². The molecule has 0 heterocycles. The number of rotatable bonds is 4. The van der Waals surface area contributed by atoms with Crippen molar-refractivity contribution in [2.75, 3.05) is 7.05 Å². The van der Waals surface area contributed by atoms with Gasteiger partial charge in [-0.15, -0.1) is 0 Å². The first kappa shape index (κ1) is 9.15. The fourth-order valence-electron chi connectivity index (χ4n) is 1.01. The van der Waals surface area contributed by atoms with Crippen LogP contribution in [0.25, 0.3) is 0 Å². The fraction of sp³-hybridized carbons (Fsp3) is 0.250. The average Bonchev–Trinajstić information content (AvgIpc) is 2.06. The Labute approximate surface area is 72.3 Å². The summed E-state index contributed by atoms with van der Waals surface area (Å²) in [6.07, 6.45) is 0. The first-order valence-corrected chi connectivity index (χ1v) is 3.79. The quantitative estimate of drug-likeness (QED) is 0.435. The lowest BCUT2D eigenvalue weighted by Crippen LogP contribution is -2.47. The molecule has 0 aromatic heterocycles. The highest BCUT2D eigenvalue weighted by molar-refractivity contribution is 5.14. The van der Waals surface area contributed by atoms with Gasteiger partial charge in [-0.05, 0) is 5.56 Å². The minimum atomic E-state index is 0.811. The summed E-state index contributed by atoms with van der Waals surface area (Å²) in [6, 6.07) is 10.2. The van der Waals surface area contributed by atoms with Crippen LogP contribution in [-0.2, 0) is 6.54 Å². The van der Waals surface area contributed by atoms with E-state index in [-0.39, 0.29) is 0 Å². The Balaban J connectivity index is 2.41. The first-order valence-electron chi connectivity index (χ1n) is 3.79. The minimum Gasteiger partial charge on any atom is -0.257 e. The lowest BCUT2D eigenvalue weighted by Gasteiger charge is -2.16. The van der Waals surface area contributed by atoms with Crippen LogP contribution in [0.1, 0.15) is 5.56 Å². The van der Waals surface area contributed by atoms with Crippen molar-refractivity contribution in [1.82, 2.24) is 16.1 Å². The van der Waals surface area contributed by atoms with E-state index in [0.717, 1.165) is 6.54 Å². The molecule has 4 N–H and O–H groups in total. The van der Waals surface area contributed by atoms with E-state index in [1.165, 1.54) is 5.56 Å². The molecule has 0 aliphatic heterocycles. The zero-order chi connectivity index (χ0) is 8.81. The lowest BCUT2D eigenvalue weighted by molar-refractivity contribution is 0.185. The molecule has 1 aromatic carbocycles. The Kier molecular flexibility index (Phi) is 3.69. The van der Waals surface area contributed by atoms with Gasteiger partial charge in [0.1, 0.15) is 0 Å². The Morgan fingerprint density at radius 3 is 2.58 bits per heavy atom. The van der Waals surface area contributed by atoms with Crippen LogP contribution in [0.3, 0.4) is 0 Å². The summed E-state index contributed by atoms with van der Waals surface area (Å²) in [7, 11) is 1.91. The summed E-state index contributed by atoms with van der Waals surface area (Å²) in [5.41, 5.74) is 6.36. The predicted molar refractivity (Wildman–Crippen MR) is 48.4 cm³/mol. The number of hydrazine groups is 3. The predicted octanol–water partition coefficient (Wildman–Crippen LogP) is 0.00130. The van der Waals surface area contributed by atoms with Crippen LogP contribution in [0.4, 0.5) is 0 Å². The molecule has 1 aromatic rings. The van der Waals surface area contributed by atoms with Crippen molar-refractivity contribution >= 4 is 0 Å². The van der Waals surface area contributed by atoms with Gasteiger partial charge in [0.25, 0.3) is 0 Å². The maximum Gasteiger partial charge on any atom is 0.0392 e. The molecule has 1 rings (SSSR count). The van der Waals surface area contributed by atoms with Crippen LogP contribution >= 0.6 is 0 Å². The number of nitrogens with one attached hydrogen (secondary N) is 2. The molecule has 0 fully saturated rings. The van der Waals surface area contributed by atoms with E-state index in [4.69, 9.17) is 5.84 Å². The molecule has 0 spiro atoms. The molecule has 0 saturated carbocycles. The van der Waals surface area contributed by atoms with E-state index in [1.54, 1.807) is 0 Å². The second-order valence-electron chi connectivity index (χ2n) is 2.60. The molecule has 0 aliphatic rings. The van der Waals surface area contributed by atoms with Crippen molar-refractivity contribution in [2.24, 2.45) is 5.84 Å². The maximum atomic E-state index is 5.08. The van der Waals surface area contributed by atoms with Crippen LogP contribution in [-0.4, -0.2) is 12.1 Å². The lowest BCUT2D eigenvalue weighted by atomic mass is 10.2. The molecular formula is C8H14N4. The second kappa shape index (κ2) is 4.84. The van der Waals surface area contributed by atoms with E-state index in [9.17, 15) is 0 Å². The van der Waals surface area contributed by atoms with Gasteiger partial charge in [0, 0.05) is 13.6 Å². The fourth-order valence-corrected chi connectivity index (χ4v) is 1.01. The number of nitrogens with zero attached hydrogens (tertiary/aromatic N) is 1. The van der Waals surface area contributed by atoms with Crippen molar-refractivity contribution in [3.8, 4) is 0 Å². The summed E-state index contributed by atoms with van der Waals surface area (Å²) in [5.74, 6) is 5.08. The molecule has 0 aliphatic carbocycles. The van der Waals surface area contributed by atoms with Gasteiger partial charge in [-0.3, -0.25) is 5.84 Å². The second-order valence-corrected chi connectivity index (χ2v) is 2.60. The van der Waals surface area contributed by atoms with Crippen LogP contribution < -0.4 is 16.9 Å². The summed E-state index contributed by atoms with van der Waals surface area (Å²) < 4.78 is 0. The standard InChI is InChI=1S/C8H14N4/c1-12(11-10-9)7-8-5-3-2-4-6-8/h2-6,10-11H,7,9H2,1H3. The number of benzene rings is 1. The molecule has 0 unspecified atom stereocenters. The minimum absolute atomic E-state index is 0.811. The van der Waals surface area contributed by atoms with Gasteiger partial charge in [0.05, 0.1) is 0 Å². The monoisotopic (exact) mass is 166 g/mol. The van der Waals surface area contributed by atoms with Crippen molar-refractivity contribution < 1.29 is 0 Å². The van der Waals surface area contributed by atoms with E-state index >= 15 is 0 Å². The summed E-state index contributed by atoms with van der Waals surface area (Å²) in [4.78, 5) is 0. The molecule has 0 atom stereocenters. The molecule has 0 saturated heterocycles. The molecule has 0 amide bonds. The van der Waals surface area contributed by atoms with Crippen LogP contribution in [0.5, 0.6) is 0 Å². The summed E-state index contributed by atoms with van der Waals surface area (Å²) in [5, 5.41) is 1.86. The van der Waals surface area contributed by atoms with Crippen molar-refractivity contribution in [2.45, 2.75) is 6.54 Å². The number of nitrogens with two attached hydrogens (primary N) is 1. The van der Waals surface area contributed by atoms with Crippen molar-refractivity contribution in [1.29, 1.82) is 0 Å². The van der Waals surface area contributed by atoms with Crippen molar-refractivity contribution in [3.05, 3.63) is 35.9 Å². The van der Waals surface area contributed by atoms with Gasteiger partial charge in [-0.25, -0.2) is 5.01 Å². The molecule has 66 valence electrons. The zero-order valence-electron chi connectivity index (χ0n) is 7.12. The molecule has 4 nitrogen and oxygen atoms in total. The molecule has 12 heavy (non-hydrogen) atoms. The van der Waals surface area contributed by atoms with E-state index < -0.39 is 0 Å². The van der Waals surface area contributed by atoms with Gasteiger partial charge in [-0.2, -0.15) is 11.1 Å². The van der Waals surface area contributed by atoms with E-state index in [2.05, 4.69) is 23.2 Å². The summed E-state index contributed by atoms with van der Waals surface area (Å²) in [6.45, 7) is 0.811. The molecular weight excluding hydrogens is 152 g/mol. The van der Waals surface area contributed by atoms with Gasteiger partial charge < -0.3 is 0 Å². The molecule has 0 radical (unpaired) electrons.